The molecule has 2 aromatic rings. The number of carbonyl (C=O) groups excluding carboxylic acids is 2. The van der Waals surface area contributed by atoms with Crippen LogP contribution in [-0.4, -0.2) is 21.6 Å². The first-order chi connectivity index (χ1) is 11.9. The summed E-state index contributed by atoms with van der Waals surface area (Å²) in [5, 5.41) is 4.50. The van der Waals surface area contributed by atoms with Crippen LogP contribution in [0, 0.1) is 5.92 Å². The van der Waals surface area contributed by atoms with E-state index in [2.05, 4.69) is 21.0 Å². The topological polar surface area (TPSA) is 104 Å². The Labute approximate surface area is 153 Å². The SMILES string of the molecule is NC(=O)c1nn(-c2cccc(Br)c2)c2c1C(C(N)=O)(C1CC1)CCC2. The highest BCUT2D eigenvalue weighted by Gasteiger charge is 2.55. The fourth-order valence-corrected chi connectivity index (χ4v) is 4.63. The fraction of sp³-hybridized carbons (Fsp3) is 0.389. The summed E-state index contributed by atoms with van der Waals surface area (Å²) < 4.78 is 2.66. The normalized spacial score (nSPS) is 22.4. The van der Waals surface area contributed by atoms with Gasteiger partial charge in [0.1, 0.15) is 0 Å². The molecule has 1 heterocycles. The van der Waals surface area contributed by atoms with E-state index in [0.717, 1.165) is 41.5 Å². The van der Waals surface area contributed by atoms with Crippen LogP contribution in [0.1, 0.15) is 47.4 Å². The van der Waals surface area contributed by atoms with Crippen LogP contribution in [0.4, 0.5) is 0 Å². The van der Waals surface area contributed by atoms with E-state index in [9.17, 15) is 9.59 Å². The van der Waals surface area contributed by atoms with Crippen LogP contribution in [0.2, 0.25) is 0 Å². The number of carbonyl (C=O) groups is 2. The molecule has 1 aromatic heterocycles. The molecule has 1 fully saturated rings. The standard InChI is InChI=1S/C18H19BrN4O2/c19-11-3-1-4-12(9-11)23-13-5-2-8-18(17(21)25,10-6-7-10)14(13)15(22-23)16(20)24/h1,3-4,9-10H,2,5-8H2,(H2,20,24)(H2,21,25). The number of hydrogen-bond donors (Lipinski definition) is 2. The lowest BCUT2D eigenvalue weighted by Crippen LogP contribution is -2.46. The zero-order chi connectivity index (χ0) is 17.8. The highest BCUT2D eigenvalue weighted by Crippen LogP contribution is 2.54. The van der Waals surface area contributed by atoms with E-state index in [4.69, 9.17) is 11.5 Å². The number of rotatable bonds is 4. The summed E-state index contributed by atoms with van der Waals surface area (Å²) >= 11 is 3.46. The van der Waals surface area contributed by atoms with E-state index in [-0.39, 0.29) is 17.5 Å². The van der Waals surface area contributed by atoms with Gasteiger partial charge in [0.25, 0.3) is 5.91 Å². The van der Waals surface area contributed by atoms with Gasteiger partial charge in [-0.2, -0.15) is 5.10 Å². The number of primary amides is 2. The lowest BCUT2D eigenvalue weighted by molar-refractivity contribution is -0.125. The number of hydrogen-bond acceptors (Lipinski definition) is 3. The van der Waals surface area contributed by atoms with Gasteiger partial charge in [-0.3, -0.25) is 9.59 Å². The van der Waals surface area contributed by atoms with Crippen molar-refractivity contribution in [3.8, 4) is 5.69 Å². The van der Waals surface area contributed by atoms with Crippen molar-refractivity contribution in [1.29, 1.82) is 0 Å². The number of halogens is 1. The zero-order valence-corrected chi connectivity index (χ0v) is 15.3. The smallest absolute Gasteiger partial charge is 0.269 e. The Morgan fingerprint density at radius 1 is 1.28 bits per heavy atom. The third-order valence-electron chi connectivity index (χ3n) is 5.41. The van der Waals surface area contributed by atoms with Crippen LogP contribution in [-0.2, 0) is 16.6 Å². The van der Waals surface area contributed by atoms with Crippen molar-refractivity contribution in [2.45, 2.75) is 37.5 Å². The van der Waals surface area contributed by atoms with Gasteiger partial charge < -0.3 is 11.5 Å². The molecule has 2 aliphatic carbocycles. The van der Waals surface area contributed by atoms with Gasteiger partial charge >= 0.3 is 0 Å². The summed E-state index contributed by atoms with van der Waals surface area (Å²) in [5.74, 6) is -0.798. The van der Waals surface area contributed by atoms with Gasteiger partial charge in [-0.25, -0.2) is 4.68 Å². The van der Waals surface area contributed by atoms with Gasteiger partial charge in [-0.15, -0.1) is 0 Å². The van der Waals surface area contributed by atoms with Crippen LogP contribution >= 0.6 is 15.9 Å². The van der Waals surface area contributed by atoms with Crippen molar-refractivity contribution in [1.82, 2.24) is 9.78 Å². The maximum absolute atomic E-state index is 12.5. The molecule has 130 valence electrons. The first-order valence-corrected chi connectivity index (χ1v) is 9.22. The van der Waals surface area contributed by atoms with Crippen molar-refractivity contribution in [2.24, 2.45) is 17.4 Å². The highest BCUT2D eigenvalue weighted by atomic mass is 79.9. The van der Waals surface area contributed by atoms with E-state index >= 15 is 0 Å². The number of aromatic nitrogens is 2. The molecule has 0 aliphatic heterocycles. The fourth-order valence-electron chi connectivity index (χ4n) is 4.24. The van der Waals surface area contributed by atoms with E-state index in [1.807, 2.05) is 24.3 Å². The molecule has 1 atom stereocenters. The number of fused-ring (bicyclic) bond motifs is 1. The maximum Gasteiger partial charge on any atom is 0.269 e. The second-order valence-corrected chi connectivity index (χ2v) is 7.81. The largest absolute Gasteiger partial charge is 0.369 e. The van der Waals surface area contributed by atoms with Crippen molar-refractivity contribution in [3.63, 3.8) is 0 Å². The van der Waals surface area contributed by atoms with Crippen LogP contribution in [0.15, 0.2) is 28.7 Å². The minimum Gasteiger partial charge on any atom is -0.369 e. The second kappa shape index (κ2) is 5.69. The molecule has 1 unspecified atom stereocenters. The van der Waals surface area contributed by atoms with Crippen LogP contribution in [0.5, 0.6) is 0 Å². The van der Waals surface area contributed by atoms with E-state index in [0.29, 0.717) is 12.0 Å². The minimum atomic E-state index is -0.817. The maximum atomic E-state index is 12.5. The van der Waals surface area contributed by atoms with Crippen LogP contribution < -0.4 is 11.5 Å². The summed E-state index contributed by atoms with van der Waals surface area (Å²) in [7, 11) is 0. The predicted molar refractivity (Wildman–Crippen MR) is 96.3 cm³/mol. The van der Waals surface area contributed by atoms with Crippen molar-refractivity contribution in [3.05, 3.63) is 45.7 Å². The third kappa shape index (κ3) is 2.40. The summed E-state index contributed by atoms with van der Waals surface area (Å²) in [6.07, 6.45) is 4.13. The van der Waals surface area contributed by atoms with Crippen LogP contribution in [0.25, 0.3) is 5.69 Å². The van der Waals surface area contributed by atoms with E-state index in [1.165, 1.54) is 0 Å². The molecule has 0 bridgehead atoms. The molecule has 4 N–H and O–H groups in total. The Balaban J connectivity index is 2.00. The van der Waals surface area contributed by atoms with Gasteiger partial charge in [0.2, 0.25) is 5.91 Å². The number of benzene rings is 1. The number of nitrogens with zero attached hydrogens (tertiary/aromatic N) is 2. The Hall–Kier alpha value is -2.15. The predicted octanol–water partition coefficient (Wildman–Crippen LogP) is 2.20. The van der Waals surface area contributed by atoms with E-state index < -0.39 is 11.3 Å². The lowest BCUT2D eigenvalue weighted by Gasteiger charge is -2.35. The quantitative estimate of drug-likeness (QED) is 0.818. The Bertz CT molecular complexity index is 887. The molecule has 4 rings (SSSR count). The molecule has 2 aliphatic rings. The molecular weight excluding hydrogens is 384 g/mol. The second-order valence-electron chi connectivity index (χ2n) is 6.89. The van der Waals surface area contributed by atoms with Gasteiger partial charge in [-0.05, 0) is 56.2 Å². The Morgan fingerprint density at radius 3 is 2.64 bits per heavy atom. The van der Waals surface area contributed by atoms with Crippen molar-refractivity contribution < 1.29 is 9.59 Å². The molecule has 0 saturated heterocycles. The lowest BCUT2D eigenvalue weighted by atomic mass is 9.67. The molecule has 7 heteroatoms. The zero-order valence-electron chi connectivity index (χ0n) is 13.7. The van der Waals surface area contributed by atoms with Gasteiger partial charge in [0, 0.05) is 15.7 Å². The summed E-state index contributed by atoms with van der Waals surface area (Å²) in [4.78, 5) is 24.6. The highest BCUT2D eigenvalue weighted by molar-refractivity contribution is 9.10. The monoisotopic (exact) mass is 402 g/mol. The first-order valence-electron chi connectivity index (χ1n) is 8.43. The minimum absolute atomic E-state index is 0.181. The van der Waals surface area contributed by atoms with Crippen molar-refractivity contribution >= 4 is 27.7 Å². The Kier molecular flexibility index (Phi) is 3.72. The molecule has 1 saturated carbocycles. The van der Waals surface area contributed by atoms with E-state index in [1.54, 1.807) is 4.68 Å². The molecule has 6 nitrogen and oxygen atoms in total. The number of nitrogens with two attached hydrogens (primary N) is 2. The summed E-state index contributed by atoms with van der Waals surface area (Å²) in [5.41, 5.74) is 13.2. The summed E-state index contributed by atoms with van der Waals surface area (Å²) in [6.45, 7) is 0. The van der Waals surface area contributed by atoms with Crippen molar-refractivity contribution in [2.75, 3.05) is 0 Å². The number of amides is 2. The molecule has 0 spiro atoms. The molecule has 2 amide bonds. The molecular formula is C18H19BrN4O2. The average Bonchev–Trinajstić information content (AvgIpc) is 3.34. The molecule has 25 heavy (non-hydrogen) atoms. The van der Waals surface area contributed by atoms with Gasteiger partial charge in [-0.1, -0.05) is 22.0 Å². The van der Waals surface area contributed by atoms with Gasteiger partial charge in [0.05, 0.1) is 11.1 Å². The Morgan fingerprint density at radius 2 is 2.04 bits per heavy atom. The average molecular weight is 403 g/mol. The van der Waals surface area contributed by atoms with Crippen LogP contribution in [0.3, 0.4) is 0 Å². The van der Waals surface area contributed by atoms with Gasteiger partial charge in [0.15, 0.2) is 5.69 Å². The first kappa shape index (κ1) is 16.3. The third-order valence-corrected chi connectivity index (χ3v) is 5.91. The molecule has 0 radical (unpaired) electrons. The summed E-state index contributed by atoms with van der Waals surface area (Å²) in [6, 6.07) is 7.67. The molecule has 1 aromatic carbocycles.